The second-order valence-corrected chi connectivity index (χ2v) is 5.44. The Morgan fingerprint density at radius 1 is 1.33 bits per heavy atom. The number of alkyl halides is 1. The first-order valence-electron chi connectivity index (χ1n) is 3.20. The molecule has 0 aromatic carbocycles. The second-order valence-electron chi connectivity index (χ2n) is 2.25. The first-order valence-corrected chi connectivity index (χ1v) is 6.77. The van der Waals surface area contributed by atoms with Crippen LogP contribution in [0.1, 0.15) is 6.92 Å². The molecule has 6 heteroatoms. The van der Waals surface area contributed by atoms with Crippen LogP contribution < -0.4 is 0 Å². The summed E-state index contributed by atoms with van der Waals surface area (Å²) >= 11 is 5.77. The molecule has 74 valence electrons. The third-order valence-corrected chi connectivity index (χ3v) is 4.64. The van der Waals surface area contributed by atoms with Gasteiger partial charge in [0.25, 0.3) is 5.97 Å². The van der Waals surface area contributed by atoms with Gasteiger partial charge in [0.1, 0.15) is 0 Å². The molecule has 0 aliphatic heterocycles. The van der Waals surface area contributed by atoms with Crippen LogP contribution in [0.15, 0.2) is 0 Å². The summed E-state index contributed by atoms with van der Waals surface area (Å²) in [6.07, 6.45) is 3.70. The number of rotatable bonds is 5. The highest BCUT2D eigenvalue weighted by molar-refractivity contribution is 9.09. The van der Waals surface area contributed by atoms with Crippen molar-refractivity contribution in [3.05, 3.63) is 0 Å². The molecule has 0 heterocycles. The van der Waals surface area contributed by atoms with E-state index < -0.39 is 10.2 Å². The van der Waals surface area contributed by atoms with Crippen molar-refractivity contribution in [3.63, 3.8) is 0 Å². The van der Waals surface area contributed by atoms with E-state index in [1.807, 2.05) is 12.5 Å². The molecule has 0 aliphatic rings. The van der Waals surface area contributed by atoms with Gasteiger partial charge in [-0.05, 0) is 19.4 Å². The predicted molar refractivity (Wildman–Crippen MR) is 57.5 cm³/mol. The van der Waals surface area contributed by atoms with Crippen LogP contribution in [0.5, 0.6) is 0 Å². The van der Waals surface area contributed by atoms with Gasteiger partial charge in [0.15, 0.2) is 4.27 Å². The van der Waals surface area contributed by atoms with E-state index in [0.717, 1.165) is 0 Å². The molecule has 12 heavy (non-hydrogen) atoms. The maximum Gasteiger partial charge on any atom is 0.290 e. The molecule has 0 bridgehead atoms. The third-order valence-electron chi connectivity index (χ3n) is 1.26. The Hall–Kier alpha value is 1.06. The van der Waals surface area contributed by atoms with Crippen molar-refractivity contribution in [2.24, 2.45) is 0 Å². The lowest BCUT2D eigenvalue weighted by atomic mass is 10.6. The minimum atomic E-state index is -2.10. The SMILES string of the molecule is CSC(C)(OC(O)(O)CBr)SC. The monoisotopic (exact) mass is 276 g/mol. The van der Waals surface area contributed by atoms with Gasteiger partial charge in [-0.15, -0.1) is 23.5 Å². The lowest BCUT2D eigenvalue weighted by Crippen LogP contribution is -2.40. The van der Waals surface area contributed by atoms with Crippen molar-refractivity contribution in [2.45, 2.75) is 17.2 Å². The molecule has 0 radical (unpaired) electrons. The van der Waals surface area contributed by atoms with Crippen LogP contribution >= 0.6 is 39.5 Å². The maximum atomic E-state index is 9.18. The molecule has 0 amide bonds. The summed E-state index contributed by atoms with van der Waals surface area (Å²) in [5.74, 6) is -2.10. The van der Waals surface area contributed by atoms with Crippen LogP contribution in [0.3, 0.4) is 0 Å². The molecule has 0 saturated carbocycles. The van der Waals surface area contributed by atoms with Crippen molar-refractivity contribution < 1.29 is 14.9 Å². The molecule has 2 N–H and O–H groups in total. The van der Waals surface area contributed by atoms with Crippen molar-refractivity contribution in [1.29, 1.82) is 0 Å². The number of ether oxygens (including phenoxy) is 1. The van der Waals surface area contributed by atoms with Crippen LogP contribution in [-0.4, -0.2) is 38.3 Å². The largest absolute Gasteiger partial charge is 0.343 e. The zero-order chi connectivity index (χ0) is 9.83. The number of thioether (sulfide) groups is 2. The third kappa shape index (κ3) is 4.34. The summed E-state index contributed by atoms with van der Waals surface area (Å²) in [6.45, 7) is 1.78. The molecule has 0 unspecified atom stereocenters. The fourth-order valence-electron chi connectivity index (χ4n) is 0.491. The molecule has 0 spiro atoms. The normalized spacial score (nSPS) is 13.5. The number of halogens is 1. The van der Waals surface area contributed by atoms with E-state index in [1.54, 1.807) is 6.92 Å². The van der Waals surface area contributed by atoms with Crippen molar-refractivity contribution in [2.75, 3.05) is 17.8 Å². The molecule has 0 fully saturated rings. The fraction of sp³-hybridized carbons (Fsp3) is 1.00. The first kappa shape index (κ1) is 13.1. The average molecular weight is 277 g/mol. The van der Waals surface area contributed by atoms with Crippen molar-refractivity contribution in [1.82, 2.24) is 0 Å². The van der Waals surface area contributed by atoms with E-state index in [-0.39, 0.29) is 5.33 Å². The van der Waals surface area contributed by atoms with E-state index in [1.165, 1.54) is 23.5 Å². The van der Waals surface area contributed by atoms with Gasteiger partial charge in [0, 0.05) is 0 Å². The lowest BCUT2D eigenvalue weighted by Gasteiger charge is -2.32. The number of hydrogen-bond donors (Lipinski definition) is 2. The Bertz CT molecular complexity index is 139. The van der Waals surface area contributed by atoms with Gasteiger partial charge < -0.3 is 10.2 Å². The number of aliphatic hydroxyl groups is 2. The van der Waals surface area contributed by atoms with Crippen LogP contribution in [-0.2, 0) is 4.74 Å². The minimum absolute atomic E-state index is 0.0310. The lowest BCUT2D eigenvalue weighted by molar-refractivity contribution is -0.329. The van der Waals surface area contributed by atoms with Gasteiger partial charge in [-0.1, -0.05) is 15.9 Å². The molecule has 0 saturated heterocycles. The van der Waals surface area contributed by atoms with Gasteiger partial charge >= 0.3 is 0 Å². The molecule has 3 nitrogen and oxygen atoms in total. The Morgan fingerprint density at radius 2 is 1.75 bits per heavy atom. The van der Waals surface area contributed by atoms with Gasteiger partial charge in [-0.3, -0.25) is 4.74 Å². The molecular weight excluding hydrogens is 264 g/mol. The standard InChI is InChI=1S/C6H13BrO3S2/c1-5(11-2,12-3)10-6(8,9)4-7/h8-9H,4H2,1-3H3. The summed E-state index contributed by atoms with van der Waals surface area (Å²) < 4.78 is 4.44. The zero-order valence-corrected chi connectivity index (χ0v) is 10.4. The Morgan fingerprint density at radius 3 is 2.00 bits per heavy atom. The van der Waals surface area contributed by atoms with E-state index >= 15 is 0 Å². The molecule has 0 atom stereocenters. The number of hydrogen-bond acceptors (Lipinski definition) is 5. The fourth-order valence-corrected chi connectivity index (χ4v) is 1.71. The quantitative estimate of drug-likeness (QED) is 0.588. The molecule has 0 aromatic rings. The van der Waals surface area contributed by atoms with E-state index in [4.69, 9.17) is 4.74 Å². The molecule has 0 rings (SSSR count). The summed E-state index contributed by atoms with van der Waals surface area (Å²) in [7, 11) is 0. The highest BCUT2D eigenvalue weighted by atomic mass is 79.9. The van der Waals surface area contributed by atoms with Gasteiger partial charge in [0.2, 0.25) is 0 Å². The predicted octanol–water partition coefficient (Wildman–Crippen LogP) is 1.44. The Kier molecular flexibility index (Phi) is 5.52. The Labute approximate surface area is 89.4 Å². The summed E-state index contributed by atoms with van der Waals surface area (Å²) in [4.78, 5) is 0. The zero-order valence-electron chi connectivity index (χ0n) is 7.20. The van der Waals surface area contributed by atoms with Crippen LogP contribution in [0, 0.1) is 0 Å². The van der Waals surface area contributed by atoms with Gasteiger partial charge in [-0.25, -0.2) is 0 Å². The van der Waals surface area contributed by atoms with E-state index in [0.29, 0.717) is 0 Å². The smallest absolute Gasteiger partial charge is 0.290 e. The van der Waals surface area contributed by atoms with Crippen molar-refractivity contribution in [3.8, 4) is 0 Å². The summed E-state index contributed by atoms with van der Waals surface area (Å²) in [5.41, 5.74) is 0. The van der Waals surface area contributed by atoms with Gasteiger partial charge in [0.05, 0.1) is 5.33 Å². The molecule has 0 aromatic heterocycles. The highest BCUT2D eigenvalue weighted by Crippen LogP contribution is 2.37. The molecule has 0 aliphatic carbocycles. The second kappa shape index (κ2) is 5.07. The van der Waals surface area contributed by atoms with E-state index in [2.05, 4.69) is 15.9 Å². The van der Waals surface area contributed by atoms with E-state index in [9.17, 15) is 10.2 Å². The van der Waals surface area contributed by atoms with Crippen molar-refractivity contribution >= 4 is 39.5 Å². The molecular formula is C6H13BrO3S2. The van der Waals surface area contributed by atoms with Crippen LogP contribution in [0.25, 0.3) is 0 Å². The van der Waals surface area contributed by atoms with Crippen LogP contribution in [0.2, 0.25) is 0 Å². The highest BCUT2D eigenvalue weighted by Gasteiger charge is 2.34. The van der Waals surface area contributed by atoms with Gasteiger partial charge in [-0.2, -0.15) is 0 Å². The summed E-state index contributed by atoms with van der Waals surface area (Å²) in [5, 5.41) is 18.3. The first-order chi connectivity index (χ1) is 5.39. The topological polar surface area (TPSA) is 49.7 Å². The average Bonchev–Trinajstić information content (AvgIpc) is 2.04. The van der Waals surface area contributed by atoms with Crippen LogP contribution in [0.4, 0.5) is 0 Å². The summed E-state index contributed by atoms with van der Waals surface area (Å²) in [6, 6.07) is 0. The maximum absolute atomic E-state index is 9.18. The Balaban J connectivity index is 4.20. The minimum Gasteiger partial charge on any atom is -0.343 e.